The van der Waals surface area contributed by atoms with E-state index < -0.39 is 41.0 Å². The number of hydrogen-bond acceptors (Lipinski definition) is 7. The number of nitrogens with one attached hydrogen (secondary N) is 1. The molecule has 1 aromatic carbocycles. The molecule has 142 valence electrons. The Morgan fingerprint density at radius 3 is 2.27 bits per heavy atom. The largest absolute Gasteiger partial charge is 0.481 e. The van der Waals surface area contributed by atoms with Crippen LogP contribution in [0.5, 0.6) is 0 Å². The van der Waals surface area contributed by atoms with E-state index in [2.05, 4.69) is 5.32 Å². The highest BCUT2D eigenvalue weighted by Crippen LogP contribution is 2.13. The second kappa shape index (κ2) is 8.79. The Morgan fingerprint density at radius 2 is 1.81 bits per heavy atom. The number of nitro benzene ring substituents is 1. The summed E-state index contributed by atoms with van der Waals surface area (Å²) in [6, 6.07) is 3.87. The maximum absolute atomic E-state index is 12.1. The molecule has 26 heavy (non-hydrogen) atoms. The molecule has 1 rings (SSSR count). The van der Waals surface area contributed by atoms with E-state index in [9.17, 15) is 24.5 Å². The van der Waals surface area contributed by atoms with Gasteiger partial charge in [-0.2, -0.15) is 0 Å². The van der Waals surface area contributed by atoms with Crippen LogP contribution in [-0.2, 0) is 25.7 Å². The number of esters is 1. The first-order valence-electron chi connectivity index (χ1n) is 7.59. The molecule has 0 aliphatic rings. The highest BCUT2D eigenvalue weighted by atomic mass is 16.6. The normalized spacial score (nSPS) is 12.0. The fourth-order valence-electron chi connectivity index (χ4n) is 1.79. The number of carbonyl (C=O) groups is 3. The maximum Gasteiger partial charge on any atom is 0.408 e. The van der Waals surface area contributed by atoms with Crippen LogP contribution >= 0.6 is 0 Å². The molecule has 1 aromatic rings. The van der Waals surface area contributed by atoms with Crippen molar-refractivity contribution in [2.45, 2.75) is 45.4 Å². The molecule has 0 fully saturated rings. The van der Waals surface area contributed by atoms with Gasteiger partial charge >= 0.3 is 18.0 Å². The summed E-state index contributed by atoms with van der Waals surface area (Å²) in [7, 11) is 0. The third kappa shape index (κ3) is 7.60. The molecule has 2 N–H and O–H groups in total. The van der Waals surface area contributed by atoms with Gasteiger partial charge in [-0.1, -0.05) is 0 Å². The van der Waals surface area contributed by atoms with Crippen LogP contribution in [0.2, 0.25) is 0 Å². The number of carboxylic acid groups (broad SMARTS) is 1. The van der Waals surface area contributed by atoms with Gasteiger partial charge in [-0.25, -0.2) is 9.59 Å². The first kappa shape index (κ1) is 20.9. The van der Waals surface area contributed by atoms with Gasteiger partial charge in [-0.05, 0) is 38.5 Å². The van der Waals surface area contributed by atoms with Gasteiger partial charge in [0.25, 0.3) is 5.69 Å². The predicted octanol–water partition coefficient (Wildman–Crippen LogP) is 2.01. The zero-order valence-corrected chi connectivity index (χ0v) is 14.6. The second-order valence-corrected chi connectivity index (χ2v) is 6.33. The third-order valence-electron chi connectivity index (χ3n) is 2.88. The van der Waals surface area contributed by atoms with Gasteiger partial charge in [-0.3, -0.25) is 14.9 Å². The lowest BCUT2D eigenvalue weighted by Crippen LogP contribution is -2.45. The van der Waals surface area contributed by atoms with Crippen molar-refractivity contribution < 1.29 is 33.9 Å². The summed E-state index contributed by atoms with van der Waals surface area (Å²) in [5.74, 6) is -2.27. The lowest BCUT2D eigenvalue weighted by Gasteiger charge is -2.22. The topological polar surface area (TPSA) is 145 Å². The standard InChI is InChI=1S/C16H20N2O8/c1-16(2,3)26-15(22)17-12(8-13(19)20)14(21)25-9-10-4-6-11(7-5-10)18(23)24/h4-7,12H,8-9H2,1-3H3,(H,17,22)(H,19,20). The van der Waals surface area contributed by atoms with Crippen LogP contribution in [0.4, 0.5) is 10.5 Å². The van der Waals surface area contributed by atoms with E-state index in [1.165, 1.54) is 24.3 Å². The van der Waals surface area contributed by atoms with Crippen molar-refractivity contribution in [1.82, 2.24) is 5.32 Å². The van der Waals surface area contributed by atoms with Gasteiger partial charge in [0.05, 0.1) is 11.3 Å². The molecule has 0 radical (unpaired) electrons. The molecule has 0 heterocycles. The van der Waals surface area contributed by atoms with Crippen LogP contribution in [0.25, 0.3) is 0 Å². The van der Waals surface area contributed by atoms with Crippen molar-refractivity contribution >= 4 is 23.7 Å². The molecule has 10 nitrogen and oxygen atoms in total. The molecular weight excluding hydrogens is 348 g/mol. The number of benzene rings is 1. The number of hydrogen-bond donors (Lipinski definition) is 2. The van der Waals surface area contributed by atoms with Gasteiger partial charge < -0.3 is 19.9 Å². The highest BCUT2D eigenvalue weighted by Gasteiger charge is 2.27. The van der Waals surface area contributed by atoms with Crippen molar-refractivity contribution in [2.24, 2.45) is 0 Å². The Morgan fingerprint density at radius 1 is 1.23 bits per heavy atom. The van der Waals surface area contributed by atoms with E-state index in [0.717, 1.165) is 0 Å². The molecule has 0 saturated carbocycles. The van der Waals surface area contributed by atoms with E-state index in [0.29, 0.717) is 5.56 Å². The summed E-state index contributed by atoms with van der Waals surface area (Å²) in [6.07, 6.45) is -1.63. The van der Waals surface area contributed by atoms with Gasteiger partial charge in [0, 0.05) is 12.1 Å². The third-order valence-corrected chi connectivity index (χ3v) is 2.88. The maximum atomic E-state index is 12.1. The summed E-state index contributed by atoms with van der Waals surface area (Å²) >= 11 is 0. The van der Waals surface area contributed by atoms with E-state index in [4.69, 9.17) is 14.6 Å². The Kier molecular flexibility index (Phi) is 7.06. The number of non-ortho nitro benzene ring substituents is 1. The summed E-state index contributed by atoms with van der Waals surface area (Å²) in [6.45, 7) is 4.62. The van der Waals surface area contributed by atoms with Crippen LogP contribution < -0.4 is 5.32 Å². The van der Waals surface area contributed by atoms with Gasteiger partial charge in [0.1, 0.15) is 18.2 Å². The van der Waals surface area contributed by atoms with E-state index >= 15 is 0 Å². The minimum Gasteiger partial charge on any atom is -0.481 e. The number of amides is 1. The van der Waals surface area contributed by atoms with Crippen LogP contribution in [0.1, 0.15) is 32.8 Å². The predicted molar refractivity (Wildman–Crippen MR) is 88.3 cm³/mol. The molecule has 0 bridgehead atoms. The van der Waals surface area contributed by atoms with E-state index in [1.807, 2.05) is 0 Å². The minimum atomic E-state index is -1.43. The molecular formula is C16H20N2O8. The summed E-state index contributed by atoms with van der Waals surface area (Å²) in [5, 5.41) is 21.6. The van der Waals surface area contributed by atoms with Crippen molar-refractivity contribution in [2.75, 3.05) is 0 Å². The number of nitro groups is 1. The average Bonchev–Trinajstić information content (AvgIpc) is 2.50. The highest BCUT2D eigenvalue weighted by molar-refractivity contribution is 5.85. The zero-order valence-electron chi connectivity index (χ0n) is 14.6. The second-order valence-electron chi connectivity index (χ2n) is 6.33. The fourth-order valence-corrected chi connectivity index (χ4v) is 1.79. The van der Waals surface area contributed by atoms with Crippen LogP contribution in [0, 0.1) is 10.1 Å². The van der Waals surface area contributed by atoms with Crippen LogP contribution in [-0.4, -0.2) is 39.7 Å². The molecule has 1 amide bonds. The summed E-state index contributed by atoms with van der Waals surface area (Å²) in [4.78, 5) is 44.7. The van der Waals surface area contributed by atoms with Crippen molar-refractivity contribution in [1.29, 1.82) is 0 Å². The van der Waals surface area contributed by atoms with Crippen LogP contribution in [0.3, 0.4) is 0 Å². The number of aliphatic carboxylic acids is 1. The van der Waals surface area contributed by atoms with E-state index in [-0.39, 0.29) is 12.3 Å². The Balaban J connectivity index is 2.69. The number of rotatable bonds is 7. The van der Waals surface area contributed by atoms with Gasteiger partial charge in [-0.15, -0.1) is 0 Å². The molecule has 0 aromatic heterocycles. The summed E-state index contributed by atoms with van der Waals surface area (Å²) in [5.41, 5.74) is -0.466. The van der Waals surface area contributed by atoms with Gasteiger partial charge in [0.15, 0.2) is 0 Å². The summed E-state index contributed by atoms with van der Waals surface area (Å²) < 4.78 is 9.96. The van der Waals surface area contributed by atoms with Crippen molar-refractivity contribution in [3.05, 3.63) is 39.9 Å². The molecule has 0 aliphatic heterocycles. The zero-order chi connectivity index (χ0) is 19.9. The smallest absolute Gasteiger partial charge is 0.408 e. The average molecular weight is 368 g/mol. The molecule has 0 saturated heterocycles. The minimum absolute atomic E-state index is 0.115. The van der Waals surface area contributed by atoms with Crippen LogP contribution in [0.15, 0.2) is 24.3 Å². The number of carbonyl (C=O) groups excluding carboxylic acids is 2. The number of alkyl carbamates (subject to hydrolysis) is 1. The van der Waals surface area contributed by atoms with Gasteiger partial charge in [0.2, 0.25) is 0 Å². The first-order valence-corrected chi connectivity index (χ1v) is 7.59. The molecule has 1 atom stereocenters. The number of ether oxygens (including phenoxy) is 2. The molecule has 10 heteroatoms. The lowest BCUT2D eigenvalue weighted by atomic mass is 10.2. The SMILES string of the molecule is CC(C)(C)OC(=O)NC(CC(=O)O)C(=O)OCc1ccc([N+](=O)[O-])cc1. The first-order chi connectivity index (χ1) is 12.0. The monoisotopic (exact) mass is 368 g/mol. The molecule has 0 aliphatic carbocycles. The van der Waals surface area contributed by atoms with Crippen molar-refractivity contribution in [3.8, 4) is 0 Å². The molecule has 1 unspecified atom stereocenters. The quantitative estimate of drug-likeness (QED) is 0.422. The fraction of sp³-hybridized carbons (Fsp3) is 0.438. The molecule has 0 spiro atoms. The van der Waals surface area contributed by atoms with E-state index in [1.54, 1.807) is 20.8 Å². The Hall–Kier alpha value is -3.17. The van der Waals surface area contributed by atoms with Crippen molar-refractivity contribution in [3.63, 3.8) is 0 Å². The Labute approximate surface area is 149 Å². The Bertz CT molecular complexity index is 678. The number of nitrogens with zero attached hydrogens (tertiary/aromatic N) is 1. The lowest BCUT2D eigenvalue weighted by molar-refractivity contribution is -0.384. The number of carboxylic acids is 1.